The minimum Gasteiger partial charge on any atom is -0.465 e. The van der Waals surface area contributed by atoms with Crippen molar-refractivity contribution in [2.24, 2.45) is 0 Å². The standard InChI is InChI=1S/C16H24N2O4S/c1-13-6-7-14(16(19)22-2)12-15(13)23(20,21)17-8-11-18-9-4-3-5-10-18/h6-7,12,17H,3-5,8-11H2,1-2H3. The molecule has 1 aromatic rings. The summed E-state index contributed by atoms with van der Waals surface area (Å²) in [6.45, 7) is 4.83. The fourth-order valence-corrected chi connectivity index (χ4v) is 4.02. The molecule has 0 saturated carbocycles. The molecular formula is C16H24N2O4S. The summed E-state index contributed by atoms with van der Waals surface area (Å²) in [6.07, 6.45) is 3.60. The Balaban J connectivity index is 2.04. The number of methoxy groups -OCH3 is 1. The van der Waals surface area contributed by atoms with Crippen molar-refractivity contribution >= 4 is 16.0 Å². The number of hydrogen-bond donors (Lipinski definition) is 1. The second-order valence-corrected chi connectivity index (χ2v) is 7.51. The Kier molecular flexibility index (Phi) is 6.15. The molecule has 23 heavy (non-hydrogen) atoms. The highest BCUT2D eigenvalue weighted by Gasteiger charge is 2.19. The molecule has 0 radical (unpaired) electrons. The second kappa shape index (κ2) is 7.90. The van der Waals surface area contributed by atoms with Crippen LogP contribution >= 0.6 is 0 Å². The van der Waals surface area contributed by atoms with Crippen molar-refractivity contribution in [3.05, 3.63) is 29.3 Å². The molecule has 0 amide bonds. The maximum absolute atomic E-state index is 12.5. The average Bonchev–Trinajstić information content (AvgIpc) is 2.55. The van der Waals surface area contributed by atoms with Gasteiger partial charge in [-0.1, -0.05) is 12.5 Å². The average molecular weight is 340 g/mol. The van der Waals surface area contributed by atoms with E-state index in [0.29, 0.717) is 18.7 Å². The molecular weight excluding hydrogens is 316 g/mol. The molecule has 7 heteroatoms. The summed E-state index contributed by atoms with van der Waals surface area (Å²) in [5.41, 5.74) is 0.831. The smallest absolute Gasteiger partial charge is 0.337 e. The molecule has 1 N–H and O–H groups in total. The fraction of sp³-hybridized carbons (Fsp3) is 0.562. The Morgan fingerprint density at radius 2 is 1.96 bits per heavy atom. The molecule has 1 fully saturated rings. The molecule has 0 unspecified atom stereocenters. The van der Waals surface area contributed by atoms with Crippen LogP contribution in [-0.4, -0.2) is 52.6 Å². The largest absolute Gasteiger partial charge is 0.465 e. The van der Waals surface area contributed by atoms with Crippen LogP contribution in [0.4, 0.5) is 0 Å². The predicted octanol–water partition coefficient (Wildman–Crippen LogP) is 1.55. The van der Waals surface area contributed by atoms with Crippen LogP contribution in [-0.2, 0) is 14.8 Å². The van der Waals surface area contributed by atoms with Gasteiger partial charge in [0.25, 0.3) is 0 Å². The third-order valence-electron chi connectivity index (χ3n) is 4.07. The van der Waals surface area contributed by atoms with Gasteiger partial charge < -0.3 is 9.64 Å². The normalized spacial score (nSPS) is 16.3. The van der Waals surface area contributed by atoms with Gasteiger partial charge in [-0.2, -0.15) is 0 Å². The van der Waals surface area contributed by atoms with Gasteiger partial charge in [0.2, 0.25) is 10.0 Å². The van der Waals surface area contributed by atoms with Crippen LogP contribution in [0.2, 0.25) is 0 Å². The Bertz CT molecular complexity index is 652. The SMILES string of the molecule is COC(=O)c1ccc(C)c(S(=O)(=O)NCCN2CCCCC2)c1. The highest BCUT2D eigenvalue weighted by molar-refractivity contribution is 7.89. The molecule has 2 rings (SSSR count). The third kappa shape index (κ3) is 4.76. The van der Waals surface area contributed by atoms with Crippen molar-refractivity contribution in [3.63, 3.8) is 0 Å². The molecule has 1 aromatic carbocycles. The Morgan fingerprint density at radius 3 is 2.61 bits per heavy atom. The first-order chi connectivity index (χ1) is 10.9. The lowest BCUT2D eigenvalue weighted by molar-refractivity contribution is 0.0600. The number of piperidine rings is 1. The summed E-state index contributed by atoms with van der Waals surface area (Å²) >= 11 is 0. The number of sulfonamides is 1. The summed E-state index contributed by atoms with van der Waals surface area (Å²) in [4.78, 5) is 14.0. The van der Waals surface area contributed by atoms with Gasteiger partial charge in [-0.05, 0) is 50.6 Å². The highest BCUT2D eigenvalue weighted by Crippen LogP contribution is 2.17. The summed E-state index contributed by atoms with van der Waals surface area (Å²) in [5.74, 6) is -0.547. The second-order valence-electron chi connectivity index (χ2n) is 5.77. The van der Waals surface area contributed by atoms with Crippen LogP contribution < -0.4 is 4.72 Å². The Morgan fingerprint density at radius 1 is 1.26 bits per heavy atom. The quantitative estimate of drug-likeness (QED) is 0.795. The van der Waals surface area contributed by atoms with E-state index < -0.39 is 16.0 Å². The van der Waals surface area contributed by atoms with Gasteiger partial charge >= 0.3 is 5.97 Å². The van der Waals surface area contributed by atoms with Crippen molar-refractivity contribution in [2.75, 3.05) is 33.3 Å². The summed E-state index contributed by atoms with van der Waals surface area (Å²) in [6, 6.07) is 4.55. The monoisotopic (exact) mass is 340 g/mol. The number of aryl methyl sites for hydroxylation is 1. The number of nitrogens with zero attached hydrogens (tertiary/aromatic N) is 1. The zero-order valence-electron chi connectivity index (χ0n) is 13.7. The summed E-state index contributed by atoms with van der Waals surface area (Å²) in [7, 11) is -2.37. The van der Waals surface area contributed by atoms with E-state index in [1.165, 1.54) is 32.4 Å². The number of carbonyl (C=O) groups excluding carboxylic acids is 1. The lowest BCUT2D eigenvalue weighted by atomic mass is 10.1. The van der Waals surface area contributed by atoms with Crippen LogP contribution in [0, 0.1) is 6.92 Å². The summed E-state index contributed by atoms with van der Waals surface area (Å²) in [5, 5.41) is 0. The van der Waals surface area contributed by atoms with Crippen molar-refractivity contribution in [1.82, 2.24) is 9.62 Å². The molecule has 1 heterocycles. The topological polar surface area (TPSA) is 75.7 Å². The number of likely N-dealkylation sites (tertiary alicyclic amines) is 1. The van der Waals surface area contributed by atoms with Crippen LogP contribution in [0.3, 0.4) is 0 Å². The van der Waals surface area contributed by atoms with E-state index >= 15 is 0 Å². The first kappa shape index (κ1) is 17.9. The van der Waals surface area contributed by atoms with E-state index in [1.54, 1.807) is 19.1 Å². The molecule has 0 aromatic heterocycles. The van der Waals surface area contributed by atoms with Gasteiger partial charge in [0.1, 0.15) is 0 Å². The van der Waals surface area contributed by atoms with Crippen molar-refractivity contribution in [3.8, 4) is 0 Å². The van der Waals surface area contributed by atoms with E-state index in [9.17, 15) is 13.2 Å². The van der Waals surface area contributed by atoms with Crippen LogP contribution in [0.5, 0.6) is 0 Å². The van der Waals surface area contributed by atoms with E-state index in [-0.39, 0.29) is 10.5 Å². The third-order valence-corrected chi connectivity index (χ3v) is 5.67. The van der Waals surface area contributed by atoms with Crippen molar-refractivity contribution < 1.29 is 17.9 Å². The predicted molar refractivity (Wildman–Crippen MR) is 88.0 cm³/mol. The molecule has 1 aliphatic rings. The fourth-order valence-electron chi connectivity index (χ4n) is 2.73. The zero-order chi connectivity index (χ0) is 16.9. The van der Waals surface area contributed by atoms with Gasteiger partial charge in [-0.25, -0.2) is 17.9 Å². The number of rotatable bonds is 6. The number of ether oxygens (including phenoxy) is 1. The number of nitrogens with one attached hydrogen (secondary N) is 1. The van der Waals surface area contributed by atoms with Crippen molar-refractivity contribution in [2.45, 2.75) is 31.1 Å². The molecule has 1 saturated heterocycles. The van der Waals surface area contributed by atoms with Gasteiger partial charge in [0.15, 0.2) is 0 Å². The van der Waals surface area contributed by atoms with Gasteiger partial charge in [0, 0.05) is 13.1 Å². The number of esters is 1. The maximum Gasteiger partial charge on any atom is 0.337 e. The minimum absolute atomic E-state index is 0.124. The van der Waals surface area contributed by atoms with Crippen LogP contribution in [0.1, 0.15) is 35.2 Å². The van der Waals surface area contributed by atoms with E-state index in [4.69, 9.17) is 0 Å². The highest BCUT2D eigenvalue weighted by atomic mass is 32.2. The van der Waals surface area contributed by atoms with Crippen LogP contribution in [0.25, 0.3) is 0 Å². The molecule has 128 valence electrons. The summed E-state index contributed by atoms with van der Waals surface area (Å²) < 4.78 is 32.2. The number of hydrogen-bond acceptors (Lipinski definition) is 5. The first-order valence-corrected chi connectivity index (χ1v) is 9.33. The number of carbonyl (C=O) groups is 1. The van der Waals surface area contributed by atoms with Gasteiger partial charge in [-0.3, -0.25) is 0 Å². The maximum atomic E-state index is 12.5. The van der Waals surface area contributed by atoms with Gasteiger partial charge in [0.05, 0.1) is 17.6 Å². The Hall–Kier alpha value is -1.44. The van der Waals surface area contributed by atoms with E-state index in [0.717, 1.165) is 13.1 Å². The van der Waals surface area contributed by atoms with Gasteiger partial charge in [-0.15, -0.1) is 0 Å². The first-order valence-electron chi connectivity index (χ1n) is 7.85. The van der Waals surface area contributed by atoms with Crippen LogP contribution in [0.15, 0.2) is 23.1 Å². The molecule has 0 atom stereocenters. The molecule has 0 spiro atoms. The molecule has 6 nitrogen and oxygen atoms in total. The van der Waals surface area contributed by atoms with E-state index in [1.807, 2.05) is 0 Å². The molecule has 0 aliphatic carbocycles. The lowest BCUT2D eigenvalue weighted by Crippen LogP contribution is -2.37. The zero-order valence-corrected chi connectivity index (χ0v) is 14.5. The number of benzene rings is 1. The molecule has 0 bridgehead atoms. The lowest BCUT2D eigenvalue weighted by Gasteiger charge is -2.26. The Labute approximate surface area is 137 Å². The van der Waals surface area contributed by atoms with Crippen molar-refractivity contribution in [1.29, 1.82) is 0 Å². The van der Waals surface area contributed by atoms with E-state index in [2.05, 4.69) is 14.4 Å². The molecule has 1 aliphatic heterocycles. The minimum atomic E-state index is -3.64.